The molecule has 0 aliphatic carbocycles. The number of nitrogens with one attached hydrogen (secondary N) is 1. The Labute approximate surface area is 167 Å². The lowest BCUT2D eigenvalue weighted by Crippen LogP contribution is -2.20. The van der Waals surface area contributed by atoms with Crippen LogP contribution in [0.15, 0.2) is 48.5 Å². The van der Waals surface area contributed by atoms with Gasteiger partial charge in [-0.15, -0.1) is 0 Å². The zero-order valence-corrected chi connectivity index (χ0v) is 16.8. The minimum absolute atomic E-state index is 0.0664. The van der Waals surface area contributed by atoms with E-state index in [9.17, 15) is 4.79 Å². The van der Waals surface area contributed by atoms with Crippen molar-refractivity contribution in [2.75, 3.05) is 30.4 Å². The Kier molecular flexibility index (Phi) is 6.58. The smallest absolute Gasteiger partial charge is 0.248 e. The predicted molar refractivity (Wildman–Crippen MR) is 114 cm³/mol. The molecule has 28 heavy (non-hydrogen) atoms. The van der Waals surface area contributed by atoms with Crippen LogP contribution in [0.5, 0.6) is 11.5 Å². The predicted octanol–water partition coefficient (Wildman–Crippen LogP) is 4.73. The first-order valence-corrected chi connectivity index (χ1v) is 9.74. The zero-order valence-electron chi connectivity index (χ0n) is 16.8. The zero-order chi connectivity index (χ0) is 19.9. The van der Waals surface area contributed by atoms with Crippen molar-refractivity contribution in [1.29, 1.82) is 0 Å². The van der Waals surface area contributed by atoms with Crippen LogP contribution in [-0.2, 0) is 4.79 Å². The van der Waals surface area contributed by atoms with Crippen LogP contribution in [-0.4, -0.2) is 32.2 Å². The van der Waals surface area contributed by atoms with Crippen LogP contribution in [0.4, 0.5) is 11.4 Å². The molecular weight excluding hydrogens is 352 g/mol. The van der Waals surface area contributed by atoms with Gasteiger partial charge in [-0.05, 0) is 62.6 Å². The number of benzene rings is 2. The van der Waals surface area contributed by atoms with Gasteiger partial charge in [0.05, 0.1) is 24.6 Å². The number of rotatable bonds is 7. The first-order chi connectivity index (χ1) is 13.6. The summed E-state index contributed by atoms with van der Waals surface area (Å²) < 4.78 is 11.1. The molecule has 0 aromatic heterocycles. The number of amides is 1. The summed E-state index contributed by atoms with van der Waals surface area (Å²) in [7, 11) is 1.61. The average Bonchev–Trinajstić information content (AvgIpc) is 3.22. The third-order valence-corrected chi connectivity index (χ3v) is 4.59. The molecule has 1 N–H and O–H groups in total. The van der Waals surface area contributed by atoms with Crippen LogP contribution < -0.4 is 19.7 Å². The molecule has 5 nitrogen and oxygen atoms in total. The van der Waals surface area contributed by atoms with Gasteiger partial charge in [-0.25, -0.2) is 0 Å². The lowest BCUT2D eigenvalue weighted by Gasteiger charge is -2.21. The van der Waals surface area contributed by atoms with Gasteiger partial charge in [0.15, 0.2) is 11.5 Å². The van der Waals surface area contributed by atoms with E-state index in [1.165, 1.54) is 12.8 Å². The van der Waals surface area contributed by atoms with Crippen molar-refractivity contribution in [3.8, 4) is 11.5 Å². The molecule has 1 heterocycles. The van der Waals surface area contributed by atoms with Gasteiger partial charge in [0.1, 0.15) is 0 Å². The average molecular weight is 380 g/mol. The summed E-state index contributed by atoms with van der Waals surface area (Å²) in [6.07, 6.45) is 5.77. The second kappa shape index (κ2) is 9.31. The number of carbonyl (C=O) groups excluding carboxylic acids is 1. The van der Waals surface area contributed by atoms with Crippen LogP contribution >= 0.6 is 0 Å². The first kappa shape index (κ1) is 19.8. The van der Waals surface area contributed by atoms with E-state index < -0.39 is 0 Å². The fourth-order valence-electron chi connectivity index (χ4n) is 3.30. The second-order valence-electron chi connectivity index (χ2n) is 7.11. The highest BCUT2D eigenvalue weighted by molar-refractivity contribution is 6.03. The molecule has 1 amide bonds. The number of hydrogen-bond donors (Lipinski definition) is 1. The third kappa shape index (κ3) is 5.06. The Balaban J connectivity index is 1.69. The molecule has 2 aromatic rings. The van der Waals surface area contributed by atoms with Gasteiger partial charge in [0, 0.05) is 19.2 Å². The molecule has 0 spiro atoms. The Morgan fingerprint density at radius 3 is 2.57 bits per heavy atom. The van der Waals surface area contributed by atoms with Gasteiger partial charge < -0.3 is 19.7 Å². The van der Waals surface area contributed by atoms with E-state index in [0.29, 0.717) is 11.5 Å². The largest absolute Gasteiger partial charge is 0.493 e. The minimum Gasteiger partial charge on any atom is -0.493 e. The van der Waals surface area contributed by atoms with Gasteiger partial charge >= 0.3 is 0 Å². The number of carbonyl (C=O) groups is 1. The van der Waals surface area contributed by atoms with Crippen molar-refractivity contribution in [2.24, 2.45) is 0 Å². The lowest BCUT2D eigenvalue weighted by atomic mass is 10.2. The van der Waals surface area contributed by atoms with Crippen LogP contribution in [0.25, 0.3) is 6.08 Å². The Hall–Kier alpha value is -2.95. The molecule has 0 atom stereocenters. The summed E-state index contributed by atoms with van der Waals surface area (Å²) in [5.74, 6) is 1.18. The molecular formula is C23H28N2O3. The molecule has 0 saturated carbocycles. The summed E-state index contributed by atoms with van der Waals surface area (Å²) in [6, 6.07) is 13.6. The van der Waals surface area contributed by atoms with Crippen molar-refractivity contribution >= 4 is 23.4 Å². The molecule has 3 rings (SSSR count). The van der Waals surface area contributed by atoms with Crippen molar-refractivity contribution in [1.82, 2.24) is 0 Å². The van der Waals surface area contributed by atoms with Crippen LogP contribution in [0, 0.1) is 0 Å². The summed E-state index contributed by atoms with van der Waals surface area (Å²) in [6.45, 7) is 6.01. The molecule has 5 heteroatoms. The van der Waals surface area contributed by atoms with E-state index in [4.69, 9.17) is 9.47 Å². The van der Waals surface area contributed by atoms with Crippen LogP contribution in [0.3, 0.4) is 0 Å². The highest BCUT2D eigenvalue weighted by atomic mass is 16.5. The van der Waals surface area contributed by atoms with E-state index >= 15 is 0 Å². The van der Waals surface area contributed by atoms with E-state index in [1.807, 2.05) is 50.2 Å². The molecule has 1 saturated heterocycles. The summed E-state index contributed by atoms with van der Waals surface area (Å²) in [5.41, 5.74) is 2.80. The van der Waals surface area contributed by atoms with Crippen molar-refractivity contribution in [3.05, 3.63) is 54.1 Å². The van der Waals surface area contributed by atoms with E-state index in [-0.39, 0.29) is 12.0 Å². The van der Waals surface area contributed by atoms with Gasteiger partial charge in [-0.3, -0.25) is 4.79 Å². The lowest BCUT2D eigenvalue weighted by molar-refractivity contribution is -0.111. The van der Waals surface area contributed by atoms with Crippen molar-refractivity contribution in [2.45, 2.75) is 32.8 Å². The van der Waals surface area contributed by atoms with Gasteiger partial charge in [-0.1, -0.05) is 18.2 Å². The molecule has 0 bridgehead atoms. The maximum atomic E-state index is 12.4. The number of hydrogen-bond acceptors (Lipinski definition) is 4. The Morgan fingerprint density at radius 2 is 1.86 bits per heavy atom. The molecule has 0 unspecified atom stereocenters. The fourth-order valence-corrected chi connectivity index (χ4v) is 3.30. The topological polar surface area (TPSA) is 50.8 Å². The fraction of sp³-hybridized carbons (Fsp3) is 0.348. The number of anilines is 2. The van der Waals surface area contributed by atoms with E-state index in [0.717, 1.165) is 30.0 Å². The second-order valence-corrected chi connectivity index (χ2v) is 7.11. The highest BCUT2D eigenvalue weighted by Crippen LogP contribution is 2.30. The maximum absolute atomic E-state index is 12.4. The number of para-hydroxylation sites is 2. The monoisotopic (exact) mass is 380 g/mol. The molecule has 1 aliphatic heterocycles. The van der Waals surface area contributed by atoms with Gasteiger partial charge in [0.25, 0.3) is 0 Å². The highest BCUT2D eigenvalue weighted by Gasteiger charge is 2.16. The number of nitrogens with zero attached hydrogens (tertiary/aromatic N) is 1. The summed E-state index contributed by atoms with van der Waals surface area (Å²) >= 11 is 0. The molecule has 1 fully saturated rings. The summed E-state index contributed by atoms with van der Waals surface area (Å²) in [5, 5.41) is 3.00. The summed E-state index contributed by atoms with van der Waals surface area (Å²) in [4.78, 5) is 14.8. The van der Waals surface area contributed by atoms with Crippen molar-refractivity contribution in [3.63, 3.8) is 0 Å². The molecule has 2 aromatic carbocycles. The quantitative estimate of drug-likeness (QED) is 0.705. The number of methoxy groups -OCH3 is 1. The van der Waals surface area contributed by atoms with E-state index in [1.54, 1.807) is 19.3 Å². The van der Waals surface area contributed by atoms with Crippen LogP contribution in [0.1, 0.15) is 32.3 Å². The molecule has 1 aliphatic rings. The van der Waals surface area contributed by atoms with Crippen molar-refractivity contribution < 1.29 is 14.3 Å². The SMILES string of the molecule is COc1cc(/C=C/C(=O)Nc2ccccc2N2CCCC2)ccc1OC(C)C. The normalized spacial score (nSPS) is 13.9. The Bertz CT molecular complexity index is 839. The third-order valence-electron chi connectivity index (χ3n) is 4.59. The maximum Gasteiger partial charge on any atom is 0.248 e. The first-order valence-electron chi connectivity index (χ1n) is 9.74. The molecule has 0 radical (unpaired) electrons. The van der Waals surface area contributed by atoms with E-state index in [2.05, 4.69) is 16.3 Å². The van der Waals surface area contributed by atoms with Gasteiger partial charge in [0.2, 0.25) is 5.91 Å². The molecule has 148 valence electrons. The standard InChI is InChI=1S/C23H28N2O3/c1-17(2)28-21-12-10-18(16-22(21)27-3)11-13-23(26)24-19-8-4-5-9-20(19)25-14-6-7-15-25/h4-5,8-13,16-17H,6-7,14-15H2,1-3H3,(H,24,26)/b13-11+. The van der Waals surface area contributed by atoms with Gasteiger partial charge in [-0.2, -0.15) is 0 Å². The minimum atomic E-state index is -0.159. The van der Waals surface area contributed by atoms with Crippen LogP contribution in [0.2, 0.25) is 0 Å². The number of ether oxygens (including phenoxy) is 2. The Morgan fingerprint density at radius 1 is 1.11 bits per heavy atom.